The first kappa shape index (κ1) is 18.2. The number of imidazole rings is 1. The number of rotatable bonds is 5. The summed E-state index contributed by atoms with van der Waals surface area (Å²) in [5.41, 5.74) is 1.13. The van der Waals surface area contributed by atoms with E-state index in [0.29, 0.717) is 17.0 Å². The van der Waals surface area contributed by atoms with Gasteiger partial charge in [-0.25, -0.2) is 13.4 Å². The lowest BCUT2D eigenvalue weighted by molar-refractivity contribution is 0.355. The fraction of sp³-hybridized carbons (Fsp3) is 0.333. The summed E-state index contributed by atoms with van der Waals surface area (Å²) in [5, 5.41) is 4.27. The van der Waals surface area contributed by atoms with Gasteiger partial charge in [0.15, 0.2) is 0 Å². The second kappa shape index (κ2) is 6.60. The van der Waals surface area contributed by atoms with Gasteiger partial charge in [-0.15, -0.1) is 0 Å². The van der Waals surface area contributed by atoms with Crippen LogP contribution in [0.15, 0.2) is 54.2 Å². The van der Waals surface area contributed by atoms with E-state index in [1.165, 1.54) is 6.20 Å². The normalized spacial score (nSPS) is 12.3. The zero-order valence-electron chi connectivity index (χ0n) is 15.2. The molecule has 0 fully saturated rings. The van der Waals surface area contributed by atoms with E-state index in [1.807, 2.05) is 20.8 Å². The summed E-state index contributed by atoms with van der Waals surface area (Å²) in [5.74, 6) is 0.545. The summed E-state index contributed by atoms with van der Waals surface area (Å²) in [4.78, 5) is 4.08. The number of nitrogens with zero attached hydrogens (tertiary/aromatic N) is 4. The third-order valence-electron chi connectivity index (χ3n) is 3.92. The van der Waals surface area contributed by atoms with Gasteiger partial charge in [0, 0.05) is 29.8 Å². The molecule has 8 heteroatoms. The van der Waals surface area contributed by atoms with Gasteiger partial charge in [0.25, 0.3) is 0 Å². The predicted molar refractivity (Wildman–Crippen MR) is 98.2 cm³/mol. The van der Waals surface area contributed by atoms with E-state index in [0.717, 1.165) is 0 Å². The molecule has 0 unspecified atom stereocenters. The van der Waals surface area contributed by atoms with Gasteiger partial charge in [-0.05, 0) is 45.0 Å². The molecular weight excluding hydrogens is 352 g/mol. The first-order valence-corrected chi connectivity index (χ1v) is 9.80. The number of ether oxygens (including phenoxy) is 1. The molecule has 1 aromatic carbocycles. The van der Waals surface area contributed by atoms with Crippen LogP contribution in [0.25, 0.3) is 5.69 Å². The molecule has 0 bridgehead atoms. The van der Waals surface area contributed by atoms with Crippen molar-refractivity contribution in [2.24, 2.45) is 0 Å². The first-order chi connectivity index (χ1) is 12.2. The lowest BCUT2D eigenvalue weighted by atomic mass is 10.1. The Kier molecular flexibility index (Phi) is 4.62. The van der Waals surface area contributed by atoms with Crippen molar-refractivity contribution in [1.82, 2.24) is 19.3 Å². The van der Waals surface area contributed by atoms with Crippen molar-refractivity contribution < 1.29 is 13.2 Å². The van der Waals surface area contributed by atoms with Crippen molar-refractivity contribution in [2.75, 3.05) is 7.11 Å². The van der Waals surface area contributed by atoms with Gasteiger partial charge in [0.2, 0.25) is 15.0 Å². The molecule has 26 heavy (non-hydrogen) atoms. The molecule has 0 amide bonds. The maximum absolute atomic E-state index is 12.9. The quantitative estimate of drug-likeness (QED) is 0.686. The van der Waals surface area contributed by atoms with Crippen LogP contribution in [0.3, 0.4) is 0 Å². The van der Waals surface area contributed by atoms with E-state index in [1.54, 1.807) is 59.2 Å². The Labute approximate surface area is 153 Å². The number of hydrogen-bond donors (Lipinski definition) is 0. The molecule has 3 rings (SSSR count). The van der Waals surface area contributed by atoms with Crippen molar-refractivity contribution in [2.45, 2.75) is 37.2 Å². The molecule has 2 aromatic heterocycles. The number of methoxy groups -OCH3 is 1. The summed E-state index contributed by atoms with van der Waals surface area (Å²) >= 11 is 0. The van der Waals surface area contributed by atoms with Crippen LogP contribution in [0.2, 0.25) is 0 Å². The standard InChI is InChI=1S/C18H22N4O3S/c1-18(2,3)22-12-14(11-20-22)13-26(23,24)17-19-9-10-21(17)15-5-7-16(25-4)8-6-15/h5-12H,13H2,1-4H3. The van der Waals surface area contributed by atoms with Crippen LogP contribution in [0.1, 0.15) is 26.3 Å². The Hall–Kier alpha value is -2.61. The number of aromatic nitrogens is 4. The number of sulfone groups is 1. The van der Waals surface area contributed by atoms with Crippen LogP contribution in [0, 0.1) is 0 Å². The van der Waals surface area contributed by atoms with Crippen molar-refractivity contribution in [3.8, 4) is 11.4 Å². The Morgan fingerprint density at radius 1 is 1.15 bits per heavy atom. The van der Waals surface area contributed by atoms with Crippen LogP contribution in [-0.4, -0.2) is 34.9 Å². The summed E-state index contributed by atoms with van der Waals surface area (Å²) in [6.07, 6.45) is 6.46. The average Bonchev–Trinajstić information content (AvgIpc) is 3.23. The third-order valence-corrected chi connectivity index (χ3v) is 5.49. The minimum absolute atomic E-state index is 0.00572. The van der Waals surface area contributed by atoms with Crippen molar-refractivity contribution >= 4 is 9.84 Å². The van der Waals surface area contributed by atoms with Gasteiger partial charge < -0.3 is 4.74 Å². The molecule has 0 N–H and O–H groups in total. The summed E-state index contributed by atoms with van der Waals surface area (Å²) in [6.45, 7) is 6.03. The van der Waals surface area contributed by atoms with E-state index >= 15 is 0 Å². The molecule has 0 radical (unpaired) electrons. The Morgan fingerprint density at radius 2 is 1.85 bits per heavy atom. The van der Waals surface area contributed by atoms with Crippen LogP contribution in [0.4, 0.5) is 0 Å². The van der Waals surface area contributed by atoms with Gasteiger partial charge in [-0.3, -0.25) is 9.25 Å². The third kappa shape index (κ3) is 3.65. The summed E-state index contributed by atoms with van der Waals surface area (Å²) < 4.78 is 34.2. The minimum atomic E-state index is -3.63. The van der Waals surface area contributed by atoms with Crippen molar-refractivity contribution in [3.05, 3.63) is 54.6 Å². The van der Waals surface area contributed by atoms with Gasteiger partial charge in [0.05, 0.1) is 24.6 Å². The summed E-state index contributed by atoms with van der Waals surface area (Å²) in [6, 6.07) is 7.13. The first-order valence-electron chi connectivity index (χ1n) is 8.15. The molecule has 0 atom stereocenters. The Morgan fingerprint density at radius 3 is 2.42 bits per heavy atom. The second-order valence-electron chi connectivity index (χ2n) is 7.00. The molecule has 0 saturated heterocycles. The van der Waals surface area contributed by atoms with Crippen LogP contribution >= 0.6 is 0 Å². The average molecular weight is 374 g/mol. The largest absolute Gasteiger partial charge is 0.497 e. The lowest BCUT2D eigenvalue weighted by Gasteiger charge is -2.18. The van der Waals surface area contributed by atoms with Crippen molar-refractivity contribution in [1.29, 1.82) is 0 Å². The van der Waals surface area contributed by atoms with Crippen LogP contribution < -0.4 is 4.74 Å². The fourth-order valence-electron chi connectivity index (χ4n) is 2.54. The van der Waals surface area contributed by atoms with E-state index < -0.39 is 9.84 Å². The predicted octanol–water partition coefficient (Wildman–Crippen LogP) is 2.81. The van der Waals surface area contributed by atoms with Gasteiger partial charge in [-0.1, -0.05) is 0 Å². The molecule has 7 nitrogen and oxygen atoms in total. The molecule has 138 valence electrons. The molecule has 0 spiro atoms. The molecule has 0 aliphatic carbocycles. The van der Waals surface area contributed by atoms with Gasteiger partial charge in [-0.2, -0.15) is 5.10 Å². The van der Waals surface area contributed by atoms with Crippen LogP contribution in [0.5, 0.6) is 5.75 Å². The van der Waals surface area contributed by atoms with E-state index in [-0.39, 0.29) is 16.4 Å². The smallest absolute Gasteiger partial charge is 0.232 e. The zero-order valence-corrected chi connectivity index (χ0v) is 16.1. The highest BCUT2D eigenvalue weighted by Crippen LogP contribution is 2.22. The van der Waals surface area contributed by atoms with E-state index in [4.69, 9.17) is 4.74 Å². The van der Waals surface area contributed by atoms with Gasteiger partial charge in [0.1, 0.15) is 5.75 Å². The topological polar surface area (TPSA) is 79.0 Å². The fourth-order valence-corrected chi connectivity index (χ4v) is 3.95. The van der Waals surface area contributed by atoms with E-state index in [2.05, 4.69) is 10.1 Å². The molecule has 0 aliphatic heterocycles. The highest BCUT2D eigenvalue weighted by Gasteiger charge is 2.24. The molecule has 3 aromatic rings. The van der Waals surface area contributed by atoms with Gasteiger partial charge >= 0.3 is 0 Å². The minimum Gasteiger partial charge on any atom is -0.497 e. The highest BCUT2D eigenvalue weighted by atomic mass is 32.2. The zero-order chi connectivity index (χ0) is 18.9. The van der Waals surface area contributed by atoms with E-state index in [9.17, 15) is 8.42 Å². The van der Waals surface area contributed by atoms with Crippen LogP contribution in [-0.2, 0) is 21.1 Å². The Bertz CT molecular complexity index is 996. The molecule has 2 heterocycles. The molecule has 0 saturated carbocycles. The molecule has 0 aliphatic rings. The molecular formula is C18H22N4O3S. The maximum atomic E-state index is 12.9. The van der Waals surface area contributed by atoms with Crippen molar-refractivity contribution in [3.63, 3.8) is 0 Å². The SMILES string of the molecule is COc1ccc(-n2ccnc2S(=O)(=O)Cc2cnn(C(C)(C)C)c2)cc1. The number of benzene rings is 1. The highest BCUT2D eigenvalue weighted by molar-refractivity contribution is 7.90. The second-order valence-corrected chi connectivity index (χ2v) is 8.88. The Balaban J connectivity index is 1.91. The maximum Gasteiger partial charge on any atom is 0.232 e. The lowest BCUT2D eigenvalue weighted by Crippen LogP contribution is -2.22. The number of hydrogen-bond acceptors (Lipinski definition) is 5. The monoisotopic (exact) mass is 374 g/mol. The summed E-state index contributed by atoms with van der Waals surface area (Å²) in [7, 11) is -2.05.